The molecule has 2 aromatic carbocycles. The van der Waals surface area contributed by atoms with Gasteiger partial charge < -0.3 is 18.6 Å². The molecule has 2 aliphatic heterocycles. The lowest BCUT2D eigenvalue weighted by Gasteiger charge is -2.37. The molecular weight excluding hydrogens is 578 g/mol. The van der Waals surface area contributed by atoms with E-state index in [0.717, 1.165) is 25.7 Å². The first-order chi connectivity index (χ1) is 22.1. The lowest BCUT2D eigenvalue weighted by Crippen LogP contribution is -2.41. The van der Waals surface area contributed by atoms with Gasteiger partial charge in [0.05, 0.1) is 22.4 Å². The van der Waals surface area contributed by atoms with E-state index in [-0.39, 0.29) is 42.1 Å². The maximum atomic E-state index is 6.82. The van der Waals surface area contributed by atoms with Gasteiger partial charge in [-0.15, -0.1) is 0 Å². The Hall–Kier alpha value is -1.59. The summed E-state index contributed by atoms with van der Waals surface area (Å²) in [6.07, 6.45) is 14.4. The van der Waals surface area contributed by atoms with Crippen molar-refractivity contribution >= 4 is 14.2 Å². The molecule has 2 unspecified atom stereocenters. The van der Waals surface area contributed by atoms with Crippen LogP contribution in [0.4, 0.5) is 0 Å². The van der Waals surface area contributed by atoms with Gasteiger partial charge in [-0.3, -0.25) is 0 Å². The minimum Gasteiger partial charge on any atom is -0.403 e. The second-order valence-corrected chi connectivity index (χ2v) is 17.2. The zero-order valence-electron chi connectivity index (χ0n) is 31.5. The third-order valence-electron chi connectivity index (χ3n) is 12.6. The third kappa shape index (κ3) is 7.47. The molecule has 0 aromatic heterocycles. The number of hydrogen-bond donors (Lipinski definition) is 0. The molecule has 2 aromatic rings. The topological polar surface area (TPSA) is 36.9 Å². The Morgan fingerprint density at radius 2 is 1.00 bits per heavy atom. The maximum Gasteiger partial charge on any atom is 0.461 e. The summed E-state index contributed by atoms with van der Waals surface area (Å²) in [7, 11) is -0.297. The van der Waals surface area contributed by atoms with Crippen molar-refractivity contribution in [3.63, 3.8) is 0 Å². The van der Waals surface area contributed by atoms with Gasteiger partial charge in [-0.2, -0.15) is 0 Å². The van der Waals surface area contributed by atoms with Crippen LogP contribution in [0.3, 0.4) is 0 Å². The molecule has 0 saturated carbocycles. The Kier molecular flexibility index (Phi) is 11.2. The van der Waals surface area contributed by atoms with Crippen LogP contribution in [0, 0.1) is 0 Å². The van der Waals surface area contributed by atoms with E-state index in [9.17, 15) is 0 Å². The highest BCUT2D eigenvalue weighted by Crippen LogP contribution is 2.57. The van der Waals surface area contributed by atoms with E-state index in [4.69, 9.17) is 18.6 Å². The average Bonchev–Trinajstić information content (AvgIpc) is 3.51. The molecule has 2 saturated heterocycles. The van der Waals surface area contributed by atoms with Crippen molar-refractivity contribution in [3.8, 4) is 11.1 Å². The van der Waals surface area contributed by atoms with Crippen LogP contribution in [0.1, 0.15) is 157 Å². The van der Waals surface area contributed by atoms with Crippen LogP contribution in [0.2, 0.25) is 11.6 Å². The molecule has 0 N–H and O–H groups in total. The van der Waals surface area contributed by atoms with Gasteiger partial charge in [0, 0.05) is 5.41 Å². The van der Waals surface area contributed by atoms with E-state index in [1.807, 2.05) is 0 Å². The summed E-state index contributed by atoms with van der Waals surface area (Å²) in [4.78, 5) is 0. The minimum atomic E-state index is -0.324. The lowest BCUT2D eigenvalue weighted by molar-refractivity contribution is 0.00578. The quantitative estimate of drug-likeness (QED) is 0.135. The Morgan fingerprint density at radius 3 is 1.53 bits per heavy atom. The Labute approximate surface area is 288 Å². The van der Waals surface area contributed by atoms with E-state index in [1.165, 1.54) is 73.6 Å². The summed E-state index contributed by atoms with van der Waals surface area (Å²) >= 11 is 0. The fraction of sp³-hybridized carbons (Fsp3) is 0.707. The Balaban J connectivity index is 1.32. The van der Waals surface area contributed by atoms with Gasteiger partial charge in [0.1, 0.15) is 0 Å². The van der Waals surface area contributed by atoms with E-state index in [1.54, 1.807) is 0 Å². The van der Waals surface area contributed by atoms with Gasteiger partial charge in [-0.1, -0.05) is 127 Å². The van der Waals surface area contributed by atoms with Crippen LogP contribution < -0.4 is 0 Å². The summed E-state index contributed by atoms with van der Waals surface area (Å²) in [6.45, 7) is 22.0. The molecule has 4 nitrogen and oxygen atoms in total. The molecule has 0 bridgehead atoms. The van der Waals surface area contributed by atoms with Gasteiger partial charge in [0.15, 0.2) is 0 Å². The molecule has 2 fully saturated rings. The van der Waals surface area contributed by atoms with Gasteiger partial charge in [0.25, 0.3) is 0 Å². The van der Waals surface area contributed by atoms with Crippen LogP contribution in [-0.4, -0.2) is 36.6 Å². The maximum absolute atomic E-state index is 6.82. The molecule has 2 atom stereocenters. The lowest BCUT2D eigenvalue weighted by atomic mass is 9.58. The van der Waals surface area contributed by atoms with Gasteiger partial charge in [-0.05, 0) is 102 Å². The second-order valence-electron chi connectivity index (χ2n) is 17.2. The van der Waals surface area contributed by atoms with Crippen LogP contribution in [0.15, 0.2) is 48.5 Å². The first kappa shape index (κ1) is 36.7. The highest BCUT2D eigenvalue weighted by atomic mass is 16.7. The smallest absolute Gasteiger partial charge is 0.403 e. The van der Waals surface area contributed by atoms with Crippen molar-refractivity contribution in [2.45, 2.75) is 186 Å². The summed E-state index contributed by atoms with van der Waals surface area (Å²) in [5, 5.41) is 0. The Bertz CT molecular complexity index is 1260. The fourth-order valence-corrected chi connectivity index (χ4v) is 8.21. The predicted octanol–water partition coefficient (Wildman–Crippen LogP) is 11.6. The third-order valence-corrected chi connectivity index (χ3v) is 12.6. The van der Waals surface area contributed by atoms with Gasteiger partial charge >= 0.3 is 14.2 Å². The number of fused-ring (bicyclic) bond motifs is 3. The minimum absolute atomic E-state index is 0.0395. The number of hydrogen-bond acceptors (Lipinski definition) is 4. The highest BCUT2D eigenvalue weighted by Gasteiger charge is 2.56. The summed E-state index contributed by atoms with van der Waals surface area (Å²) in [5.74, 6) is 0.720. The van der Waals surface area contributed by atoms with Crippen molar-refractivity contribution in [3.05, 3.63) is 59.7 Å². The van der Waals surface area contributed by atoms with Crippen LogP contribution >= 0.6 is 0 Å². The van der Waals surface area contributed by atoms with Crippen LogP contribution in [-0.2, 0) is 24.0 Å². The van der Waals surface area contributed by atoms with Crippen LogP contribution in [0.25, 0.3) is 11.1 Å². The molecule has 47 heavy (non-hydrogen) atoms. The molecule has 0 radical (unpaired) electrons. The molecule has 5 rings (SSSR count). The van der Waals surface area contributed by atoms with E-state index >= 15 is 0 Å². The van der Waals surface area contributed by atoms with Crippen molar-refractivity contribution in [1.82, 2.24) is 0 Å². The van der Waals surface area contributed by atoms with E-state index in [0.29, 0.717) is 11.6 Å². The summed E-state index contributed by atoms with van der Waals surface area (Å²) in [6, 6.07) is 18.5. The second kappa shape index (κ2) is 14.3. The monoisotopic (exact) mass is 642 g/mol. The van der Waals surface area contributed by atoms with Crippen molar-refractivity contribution in [2.24, 2.45) is 0 Å². The summed E-state index contributed by atoms with van der Waals surface area (Å²) < 4.78 is 26.3. The van der Waals surface area contributed by atoms with Crippen LogP contribution in [0.5, 0.6) is 0 Å². The molecule has 0 amide bonds. The van der Waals surface area contributed by atoms with Gasteiger partial charge in [0.2, 0.25) is 0 Å². The van der Waals surface area contributed by atoms with Crippen molar-refractivity contribution in [2.75, 3.05) is 0 Å². The van der Waals surface area contributed by atoms with E-state index in [2.05, 4.69) is 118 Å². The largest absolute Gasteiger partial charge is 0.461 e. The molecule has 258 valence electrons. The van der Waals surface area contributed by atoms with E-state index < -0.39 is 0 Å². The fourth-order valence-electron chi connectivity index (χ4n) is 8.21. The predicted molar refractivity (Wildman–Crippen MR) is 199 cm³/mol. The Morgan fingerprint density at radius 1 is 0.553 bits per heavy atom. The molecule has 1 aliphatic carbocycles. The standard InChI is InChI=1S/C41H64B2O4/c1-11-12-13-17-24-32(43-46-39(7,8)40(9,10)47-43)30-41(35-27-20-18-25-33(35)34-26-19-21-28-36(34)41)29-22-15-14-16-23-31(2)42-44-37(3,4)38(5,6)45-42/h18-21,25-28,31-32H,11-17,22-24,29-30H2,1-10H3. The number of benzene rings is 2. The first-order valence-electron chi connectivity index (χ1n) is 19.0. The molecular formula is C41H64B2O4. The zero-order valence-corrected chi connectivity index (χ0v) is 31.5. The van der Waals surface area contributed by atoms with Gasteiger partial charge in [-0.25, -0.2) is 0 Å². The SMILES string of the molecule is CCCCCCC(CC1(CCCCCCC(C)B2OC(C)(C)C(C)(C)O2)c2ccccc2-c2ccccc21)B1OC(C)(C)C(C)(C)O1. The molecule has 2 heterocycles. The first-order valence-corrected chi connectivity index (χ1v) is 19.0. The molecule has 0 spiro atoms. The van der Waals surface area contributed by atoms with Crippen molar-refractivity contribution in [1.29, 1.82) is 0 Å². The molecule has 3 aliphatic rings. The average molecular weight is 643 g/mol. The highest BCUT2D eigenvalue weighted by molar-refractivity contribution is 6.47. The number of unbranched alkanes of at least 4 members (excludes halogenated alkanes) is 6. The summed E-state index contributed by atoms with van der Waals surface area (Å²) in [5.41, 5.74) is 4.63. The number of rotatable bonds is 16. The van der Waals surface area contributed by atoms with Crippen molar-refractivity contribution < 1.29 is 18.6 Å². The normalized spacial score (nSPS) is 22.7. The zero-order chi connectivity index (χ0) is 34.1. The molecule has 6 heteroatoms.